The number of aromatic nitrogens is 3. The molecule has 0 spiro atoms. The van der Waals surface area contributed by atoms with Crippen molar-refractivity contribution in [1.82, 2.24) is 14.8 Å². The van der Waals surface area contributed by atoms with Crippen molar-refractivity contribution < 1.29 is 9.84 Å². The minimum absolute atomic E-state index is 0.568. The Bertz CT molecular complexity index is 1150. The van der Waals surface area contributed by atoms with E-state index < -0.39 is 5.60 Å². The quantitative estimate of drug-likeness (QED) is 0.618. The summed E-state index contributed by atoms with van der Waals surface area (Å²) < 4.78 is 7.39. The molecule has 3 aromatic rings. The van der Waals surface area contributed by atoms with Crippen LogP contribution in [0.3, 0.4) is 0 Å². The summed E-state index contributed by atoms with van der Waals surface area (Å²) in [7, 11) is 3.58. The van der Waals surface area contributed by atoms with Gasteiger partial charge in [-0.2, -0.15) is 5.10 Å². The normalized spacial score (nSPS) is 18.6. The van der Waals surface area contributed by atoms with E-state index >= 15 is 0 Å². The molecule has 1 aliphatic heterocycles. The van der Waals surface area contributed by atoms with Crippen molar-refractivity contribution >= 4 is 17.8 Å². The fourth-order valence-corrected chi connectivity index (χ4v) is 4.11. The van der Waals surface area contributed by atoms with Gasteiger partial charge in [-0.3, -0.25) is 0 Å². The number of nitrogens with two attached hydrogens (primary N) is 1. The highest BCUT2D eigenvalue weighted by Gasteiger charge is 2.39. The number of ether oxygens (including phenoxy) is 1. The summed E-state index contributed by atoms with van der Waals surface area (Å²) in [5, 5.41) is 16.0. The van der Waals surface area contributed by atoms with Crippen LogP contribution < -0.4 is 15.4 Å². The van der Waals surface area contributed by atoms with E-state index in [4.69, 9.17) is 10.5 Å². The van der Waals surface area contributed by atoms with Crippen LogP contribution in [-0.4, -0.2) is 34.0 Å². The number of nitrogens with zero attached hydrogens (tertiary/aromatic N) is 4. The number of anilines is 1. The van der Waals surface area contributed by atoms with Crippen LogP contribution in [0.25, 0.3) is 12.2 Å². The third kappa shape index (κ3) is 4.24. The molecule has 0 amide bonds. The predicted molar refractivity (Wildman–Crippen MR) is 127 cm³/mol. The Morgan fingerprint density at radius 3 is 2.72 bits per heavy atom. The molecule has 2 heterocycles. The highest BCUT2D eigenvalue weighted by molar-refractivity contribution is 5.71. The molecule has 2 aromatic carbocycles. The van der Waals surface area contributed by atoms with Gasteiger partial charge in [0.05, 0.1) is 12.8 Å². The molecule has 7 nitrogen and oxygen atoms in total. The van der Waals surface area contributed by atoms with Crippen molar-refractivity contribution in [3.8, 4) is 5.75 Å². The number of fused-ring (bicyclic) bond motifs is 1. The van der Waals surface area contributed by atoms with Gasteiger partial charge in [-0.15, -0.1) is 0 Å². The molecule has 0 fully saturated rings. The monoisotopic (exact) mass is 431 g/mol. The van der Waals surface area contributed by atoms with Crippen LogP contribution in [0.4, 0.5) is 5.69 Å². The average molecular weight is 432 g/mol. The molecule has 0 aliphatic carbocycles. The number of aryl methyl sites for hydroxylation is 1. The summed E-state index contributed by atoms with van der Waals surface area (Å²) in [6.07, 6.45) is 7.12. The number of hydrogen-bond donors (Lipinski definition) is 2. The second kappa shape index (κ2) is 8.88. The van der Waals surface area contributed by atoms with E-state index in [9.17, 15) is 5.11 Å². The maximum atomic E-state index is 11.4. The second-order valence-electron chi connectivity index (χ2n) is 8.10. The van der Waals surface area contributed by atoms with Gasteiger partial charge in [-0.1, -0.05) is 42.5 Å². The van der Waals surface area contributed by atoms with Crippen LogP contribution in [0.2, 0.25) is 0 Å². The van der Waals surface area contributed by atoms with Gasteiger partial charge in [0, 0.05) is 25.5 Å². The lowest BCUT2D eigenvalue weighted by Crippen LogP contribution is -2.35. The molecule has 0 saturated heterocycles. The van der Waals surface area contributed by atoms with Crippen molar-refractivity contribution in [2.45, 2.75) is 31.9 Å². The molecule has 3 N–H and O–H groups in total. The Labute approximate surface area is 188 Å². The summed E-state index contributed by atoms with van der Waals surface area (Å²) in [5.41, 5.74) is 8.10. The molecular weight excluding hydrogens is 402 g/mol. The van der Waals surface area contributed by atoms with E-state index in [0.717, 1.165) is 35.5 Å². The topological polar surface area (TPSA) is 89.4 Å². The molecule has 0 radical (unpaired) electrons. The summed E-state index contributed by atoms with van der Waals surface area (Å²) in [4.78, 5) is 6.60. The first-order chi connectivity index (χ1) is 15.4. The number of aliphatic hydroxyl groups is 1. The lowest BCUT2D eigenvalue weighted by Gasteiger charge is -2.31. The molecular formula is C25H29N5O2. The van der Waals surface area contributed by atoms with Crippen LogP contribution in [-0.2, 0) is 12.1 Å². The van der Waals surface area contributed by atoms with Crippen LogP contribution in [0.1, 0.15) is 42.5 Å². The van der Waals surface area contributed by atoms with E-state index in [1.807, 2.05) is 90.4 Å². The molecule has 7 heteroatoms. The molecule has 1 aliphatic rings. The molecule has 0 bridgehead atoms. The predicted octanol–water partition coefficient (Wildman–Crippen LogP) is 3.74. The zero-order valence-corrected chi connectivity index (χ0v) is 18.7. The highest BCUT2D eigenvalue weighted by Crippen LogP contribution is 2.36. The fourth-order valence-electron chi connectivity index (χ4n) is 4.11. The maximum absolute atomic E-state index is 11.4. The zero-order valence-electron chi connectivity index (χ0n) is 18.7. The van der Waals surface area contributed by atoms with Gasteiger partial charge in [0.15, 0.2) is 11.6 Å². The zero-order chi connectivity index (χ0) is 22.7. The Morgan fingerprint density at radius 2 is 2.00 bits per heavy atom. The first-order valence-electron chi connectivity index (χ1n) is 10.7. The van der Waals surface area contributed by atoms with Crippen LogP contribution in [0.15, 0.2) is 60.4 Å². The van der Waals surface area contributed by atoms with Crippen molar-refractivity contribution in [3.63, 3.8) is 0 Å². The van der Waals surface area contributed by atoms with Gasteiger partial charge >= 0.3 is 0 Å². The Hall–Kier alpha value is -3.58. The molecule has 1 aromatic heterocycles. The summed E-state index contributed by atoms with van der Waals surface area (Å²) in [5.74, 6) is 1.90. The van der Waals surface area contributed by atoms with Gasteiger partial charge in [0.25, 0.3) is 0 Å². The third-order valence-corrected chi connectivity index (χ3v) is 5.62. The van der Waals surface area contributed by atoms with Crippen LogP contribution in [0.5, 0.6) is 5.75 Å². The molecule has 1 atom stereocenters. The van der Waals surface area contributed by atoms with E-state index in [-0.39, 0.29) is 0 Å². The molecule has 4 rings (SSSR count). The summed E-state index contributed by atoms with van der Waals surface area (Å²) >= 11 is 0. The smallest absolute Gasteiger partial charge is 0.174 e. The van der Waals surface area contributed by atoms with Crippen LogP contribution >= 0.6 is 0 Å². The van der Waals surface area contributed by atoms with E-state index in [1.54, 1.807) is 7.11 Å². The molecule has 166 valence electrons. The largest absolute Gasteiger partial charge is 0.495 e. The maximum Gasteiger partial charge on any atom is 0.174 e. The molecule has 0 saturated carbocycles. The first-order valence-corrected chi connectivity index (χ1v) is 10.7. The lowest BCUT2D eigenvalue weighted by molar-refractivity contribution is 0.0395. The van der Waals surface area contributed by atoms with Crippen molar-refractivity contribution in [2.24, 2.45) is 5.73 Å². The summed E-state index contributed by atoms with van der Waals surface area (Å²) in [6, 6.07) is 15.6. The fraction of sp³-hybridized carbons (Fsp3) is 0.280. The minimum Gasteiger partial charge on any atom is -0.495 e. The number of allylic oxidation sites excluding steroid dienone is 1. The Morgan fingerprint density at radius 1 is 1.22 bits per heavy atom. The number of rotatable bonds is 6. The molecule has 32 heavy (non-hydrogen) atoms. The SMILES string of the molecule is COc1cc(/C=C/c2nc3n(n2)CCC[C@@]3(O)c2ccccc2)ccc1N(C)/C=C(/C)N. The first kappa shape index (κ1) is 21.6. The van der Waals surface area contributed by atoms with Gasteiger partial charge in [-0.05, 0) is 49.1 Å². The number of methoxy groups -OCH3 is 1. The van der Waals surface area contributed by atoms with Crippen molar-refractivity contribution in [3.05, 3.63) is 83.2 Å². The average Bonchev–Trinajstić information content (AvgIpc) is 3.22. The molecule has 0 unspecified atom stereocenters. The number of benzene rings is 2. The van der Waals surface area contributed by atoms with E-state index in [2.05, 4.69) is 10.1 Å². The van der Waals surface area contributed by atoms with E-state index in [0.29, 0.717) is 23.8 Å². The Kier molecular flexibility index (Phi) is 6.01. The third-order valence-electron chi connectivity index (χ3n) is 5.62. The summed E-state index contributed by atoms with van der Waals surface area (Å²) in [6.45, 7) is 2.59. The second-order valence-corrected chi connectivity index (χ2v) is 8.10. The van der Waals surface area contributed by atoms with E-state index in [1.165, 1.54) is 0 Å². The van der Waals surface area contributed by atoms with Gasteiger partial charge in [0.1, 0.15) is 11.4 Å². The lowest BCUT2D eigenvalue weighted by atomic mass is 9.86. The van der Waals surface area contributed by atoms with Gasteiger partial charge < -0.3 is 20.5 Å². The minimum atomic E-state index is -1.12. The number of hydrogen-bond acceptors (Lipinski definition) is 6. The van der Waals surface area contributed by atoms with Gasteiger partial charge in [-0.25, -0.2) is 9.67 Å². The van der Waals surface area contributed by atoms with Crippen molar-refractivity contribution in [2.75, 3.05) is 19.1 Å². The Balaban J connectivity index is 1.61. The standard InChI is InChI=1S/C25H29N5O2/c1-18(26)17-29(2)21-12-10-19(16-22(21)32-3)11-13-23-27-24-25(31,14-7-15-30(24)28-23)20-8-5-4-6-9-20/h4-6,8-13,16-17,31H,7,14-15,26H2,1-3H3/b13-11+,18-17-/t25-/m1/s1. The highest BCUT2D eigenvalue weighted by atomic mass is 16.5. The van der Waals surface area contributed by atoms with Crippen LogP contribution in [0, 0.1) is 0 Å². The van der Waals surface area contributed by atoms with Gasteiger partial charge in [0.2, 0.25) is 0 Å². The van der Waals surface area contributed by atoms with Crippen molar-refractivity contribution in [1.29, 1.82) is 0 Å².